The van der Waals surface area contributed by atoms with Gasteiger partial charge in [-0.05, 0) is 41.5 Å². The number of benzene rings is 2. The van der Waals surface area contributed by atoms with E-state index in [1.165, 1.54) is 24.3 Å². The highest BCUT2D eigenvalue weighted by Gasteiger charge is 2.37. The Labute approximate surface area is 142 Å². The predicted octanol–water partition coefficient (Wildman–Crippen LogP) is 2.11. The maximum Gasteiger partial charge on any atom is 0.328 e. The van der Waals surface area contributed by atoms with E-state index in [0.29, 0.717) is 16.7 Å². The molecule has 0 bridgehead atoms. The van der Waals surface area contributed by atoms with E-state index in [9.17, 15) is 25.2 Å². The van der Waals surface area contributed by atoms with E-state index < -0.39 is 18.0 Å². The summed E-state index contributed by atoms with van der Waals surface area (Å²) in [5.74, 6) is -2.21. The minimum absolute atomic E-state index is 0.175. The number of hydrogen-bond donors (Lipinski definition) is 5. The first kappa shape index (κ1) is 16.7. The molecule has 0 aromatic heterocycles. The van der Waals surface area contributed by atoms with E-state index in [2.05, 4.69) is 0 Å². The number of carboxylic acids is 1. The van der Waals surface area contributed by atoms with Crippen molar-refractivity contribution < 1.29 is 35.1 Å². The lowest BCUT2D eigenvalue weighted by Crippen LogP contribution is -2.13. The summed E-state index contributed by atoms with van der Waals surface area (Å²) in [7, 11) is 0. The number of phenols is 3. The molecular weight excluding hydrogens is 328 g/mol. The second-order valence-corrected chi connectivity index (χ2v) is 5.71. The van der Waals surface area contributed by atoms with Crippen LogP contribution in [-0.4, -0.2) is 38.1 Å². The minimum atomic E-state index is -1.12. The topological polar surface area (TPSA) is 127 Å². The van der Waals surface area contributed by atoms with Crippen LogP contribution in [0.2, 0.25) is 0 Å². The number of carbonyl (C=O) groups is 1. The molecule has 0 fully saturated rings. The summed E-state index contributed by atoms with van der Waals surface area (Å²) in [6, 6.07) is 7.19. The quantitative estimate of drug-likeness (QED) is 0.424. The van der Waals surface area contributed by atoms with Crippen molar-refractivity contribution in [3.8, 4) is 23.0 Å². The van der Waals surface area contributed by atoms with Crippen LogP contribution in [0, 0.1) is 0 Å². The van der Waals surface area contributed by atoms with E-state index in [1.807, 2.05) is 0 Å². The van der Waals surface area contributed by atoms with Gasteiger partial charge >= 0.3 is 5.97 Å². The lowest BCUT2D eigenvalue weighted by molar-refractivity contribution is -0.131. The van der Waals surface area contributed by atoms with Crippen LogP contribution in [0.1, 0.15) is 28.7 Å². The second-order valence-electron chi connectivity index (χ2n) is 5.71. The van der Waals surface area contributed by atoms with Gasteiger partial charge in [0.2, 0.25) is 0 Å². The third-order valence-electron chi connectivity index (χ3n) is 4.07. The van der Waals surface area contributed by atoms with Crippen LogP contribution in [-0.2, 0) is 4.79 Å². The molecule has 2 aromatic rings. The predicted molar refractivity (Wildman–Crippen MR) is 87.7 cm³/mol. The van der Waals surface area contributed by atoms with Crippen molar-refractivity contribution in [2.45, 2.75) is 12.0 Å². The number of aliphatic hydroxyl groups is 1. The highest BCUT2D eigenvalue weighted by atomic mass is 16.5. The van der Waals surface area contributed by atoms with E-state index in [1.54, 1.807) is 12.1 Å². The normalized spacial score (nSPS) is 18.9. The first-order valence-electron chi connectivity index (χ1n) is 7.48. The second kappa shape index (κ2) is 6.37. The van der Waals surface area contributed by atoms with Crippen molar-refractivity contribution >= 4 is 12.0 Å². The molecule has 2 aromatic carbocycles. The van der Waals surface area contributed by atoms with E-state index in [-0.39, 0.29) is 29.6 Å². The third-order valence-corrected chi connectivity index (χ3v) is 4.07. The number of fused-ring (bicyclic) bond motifs is 1. The summed E-state index contributed by atoms with van der Waals surface area (Å²) in [6.07, 6.45) is 1.60. The zero-order valence-corrected chi connectivity index (χ0v) is 13.0. The molecule has 2 atom stereocenters. The molecule has 130 valence electrons. The number of aliphatic hydroxyl groups excluding tert-OH is 1. The van der Waals surface area contributed by atoms with E-state index in [4.69, 9.17) is 9.84 Å². The number of ether oxygens (including phenoxy) is 1. The lowest BCUT2D eigenvalue weighted by atomic mass is 9.90. The maximum absolute atomic E-state index is 10.7. The zero-order valence-electron chi connectivity index (χ0n) is 13.0. The Bertz CT molecular complexity index is 857. The van der Waals surface area contributed by atoms with Gasteiger partial charge in [0.1, 0.15) is 6.10 Å². The molecule has 25 heavy (non-hydrogen) atoms. The van der Waals surface area contributed by atoms with E-state index in [0.717, 1.165) is 6.08 Å². The third kappa shape index (κ3) is 3.09. The maximum atomic E-state index is 10.7. The fourth-order valence-electron chi connectivity index (χ4n) is 2.91. The smallest absolute Gasteiger partial charge is 0.328 e. The van der Waals surface area contributed by atoms with Crippen molar-refractivity contribution in [1.29, 1.82) is 0 Å². The van der Waals surface area contributed by atoms with Gasteiger partial charge in [-0.3, -0.25) is 0 Å². The van der Waals surface area contributed by atoms with Crippen molar-refractivity contribution in [2.75, 3.05) is 6.61 Å². The molecule has 0 amide bonds. The molecule has 7 heteroatoms. The SMILES string of the molecule is O=C(O)C=Cc1cc(O)c2c(c1)[C@H](CO)[C@@H](c1ccc(O)c(O)c1)O2. The van der Waals surface area contributed by atoms with Gasteiger partial charge in [-0.1, -0.05) is 6.07 Å². The Morgan fingerprint density at radius 2 is 1.84 bits per heavy atom. The molecule has 0 spiro atoms. The monoisotopic (exact) mass is 344 g/mol. The Balaban J connectivity index is 2.01. The zero-order chi connectivity index (χ0) is 18.1. The number of aliphatic carboxylic acids is 1. The van der Waals surface area contributed by atoms with Gasteiger partial charge in [0.05, 0.1) is 12.5 Å². The summed E-state index contributed by atoms with van der Waals surface area (Å²) in [5.41, 5.74) is 1.51. The molecule has 5 N–H and O–H groups in total. The Hall–Kier alpha value is -3.19. The molecule has 1 aliphatic rings. The molecule has 0 aliphatic carbocycles. The number of aromatic hydroxyl groups is 3. The molecule has 1 aliphatic heterocycles. The molecule has 7 nitrogen and oxygen atoms in total. The van der Waals surface area contributed by atoms with Crippen molar-refractivity contribution in [3.63, 3.8) is 0 Å². The van der Waals surface area contributed by atoms with Gasteiger partial charge in [-0.25, -0.2) is 4.79 Å². The van der Waals surface area contributed by atoms with Crippen molar-refractivity contribution in [2.24, 2.45) is 0 Å². The van der Waals surface area contributed by atoms with Gasteiger partial charge in [0.25, 0.3) is 0 Å². The average Bonchev–Trinajstić information content (AvgIpc) is 2.94. The van der Waals surface area contributed by atoms with Gasteiger partial charge in [-0.15, -0.1) is 0 Å². The van der Waals surface area contributed by atoms with Gasteiger partial charge in [-0.2, -0.15) is 0 Å². The van der Waals surface area contributed by atoms with Crippen LogP contribution in [0.4, 0.5) is 0 Å². The summed E-state index contributed by atoms with van der Waals surface area (Å²) >= 11 is 0. The molecular formula is C18H16O7. The summed E-state index contributed by atoms with van der Waals surface area (Å²) in [6.45, 7) is -0.287. The molecule has 3 rings (SSSR count). The first-order valence-corrected chi connectivity index (χ1v) is 7.48. The Morgan fingerprint density at radius 1 is 1.08 bits per heavy atom. The van der Waals surface area contributed by atoms with Gasteiger partial charge in [0.15, 0.2) is 23.0 Å². The fraction of sp³-hybridized carbons (Fsp3) is 0.167. The van der Waals surface area contributed by atoms with Gasteiger partial charge in [0, 0.05) is 11.6 Å². The number of rotatable bonds is 4. The first-order chi connectivity index (χ1) is 11.9. The van der Waals surface area contributed by atoms with Crippen LogP contribution >= 0.6 is 0 Å². The van der Waals surface area contributed by atoms with Crippen molar-refractivity contribution in [3.05, 3.63) is 53.1 Å². The largest absolute Gasteiger partial charge is 0.504 e. The standard InChI is InChI=1S/C18H16O7/c19-8-12-11-5-9(1-4-16(23)24)6-15(22)18(11)25-17(12)10-2-3-13(20)14(21)7-10/h1-7,12,17,19-22H,8H2,(H,23,24)/t12-,17+/m0/s1. The summed E-state index contributed by atoms with van der Waals surface area (Å²) in [5, 5.41) is 47.8. The number of hydrogen-bond acceptors (Lipinski definition) is 6. The Kier molecular flexibility index (Phi) is 4.24. The Morgan fingerprint density at radius 3 is 2.48 bits per heavy atom. The minimum Gasteiger partial charge on any atom is -0.504 e. The summed E-state index contributed by atoms with van der Waals surface area (Å²) < 4.78 is 5.76. The van der Waals surface area contributed by atoms with Crippen LogP contribution in [0.3, 0.4) is 0 Å². The van der Waals surface area contributed by atoms with Crippen molar-refractivity contribution in [1.82, 2.24) is 0 Å². The highest BCUT2D eigenvalue weighted by molar-refractivity contribution is 5.85. The van der Waals surface area contributed by atoms with Crippen LogP contribution in [0.5, 0.6) is 23.0 Å². The van der Waals surface area contributed by atoms with Crippen LogP contribution < -0.4 is 4.74 Å². The lowest BCUT2D eigenvalue weighted by Gasteiger charge is -2.18. The number of carboxylic acid groups (broad SMARTS) is 1. The van der Waals surface area contributed by atoms with Crippen LogP contribution in [0.15, 0.2) is 36.4 Å². The molecule has 0 unspecified atom stereocenters. The van der Waals surface area contributed by atoms with Gasteiger partial charge < -0.3 is 30.3 Å². The molecule has 1 heterocycles. The molecule has 0 radical (unpaired) electrons. The molecule has 0 saturated heterocycles. The average molecular weight is 344 g/mol. The summed E-state index contributed by atoms with van der Waals surface area (Å²) in [4.78, 5) is 10.7. The molecule has 0 saturated carbocycles. The van der Waals surface area contributed by atoms with Crippen LogP contribution in [0.25, 0.3) is 6.08 Å². The fourth-order valence-corrected chi connectivity index (χ4v) is 2.91. The van der Waals surface area contributed by atoms with E-state index >= 15 is 0 Å². The number of phenolic OH excluding ortho intramolecular Hbond substituents is 3. The highest BCUT2D eigenvalue weighted by Crippen LogP contribution is 2.51.